The summed E-state index contributed by atoms with van der Waals surface area (Å²) < 4.78 is 27.4. The summed E-state index contributed by atoms with van der Waals surface area (Å²) in [6, 6.07) is 6.82. The highest BCUT2D eigenvalue weighted by Crippen LogP contribution is 2.20. The van der Waals surface area contributed by atoms with E-state index in [1.54, 1.807) is 38.1 Å². The number of aryl methyl sites for hydroxylation is 1. The van der Waals surface area contributed by atoms with Crippen molar-refractivity contribution in [3.05, 3.63) is 29.8 Å². The van der Waals surface area contributed by atoms with E-state index in [1.807, 2.05) is 6.92 Å². The Kier molecular flexibility index (Phi) is 5.30. The van der Waals surface area contributed by atoms with Gasteiger partial charge in [-0.2, -0.15) is 0 Å². The lowest BCUT2D eigenvalue weighted by Gasteiger charge is -2.25. The standard InChI is InChI=1S/C14H21NO4S/c1-4-11-7-5-6-8-12(11)20(18,19)15-14(2,3)10-9-13(16)17/h5-8,15H,4,9-10H2,1-3H3,(H,16,17). The molecule has 0 bridgehead atoms. The zero-order valence-corrected chi connectivity index (χ0v) is 12.8. The van der Waals surface area contributed by atoms with E-state index in [1.165, 1.54) is 0 Å². The lowest BCUT2D eigenvalue weighted by Crippen LogP contribution is -2.43. The van der Waals surface area contributed by atoms with Gasteiger partial charge in [-0.05, 0) is 38.3 Å². The molecule has 0 aliphatic heterocycles. The molecule has 0 amide bonds. The van der Waals surface area contributed by atoms with Gasteiger partial charge >= 0.3 is 5.97 Å². The molecule has 1 aromatic rings. The summed E-state index contributed by atoms with van der Waals surface area (Å²) in [5, 5.41) is 8.70. The van der Waals surface area contributed by atoms with Crippen molar-refractivity contribution in [2.24, 2.45) is 0 Å². The van der Waals surface area contributed by atoms with E-state index in [9.17, 15) is 13.2 Å². The van der Waals surface area contributed by atoms with Crippen LogP contribution < -0.4 is 4.72 Å². The lowest BCUT2D eigenvalue weighted by molar-refractivity contribution is -0.137. The first-order valence-electron chi connectivity index (χ1n) is 6.51. The molecule has 0 saturated carbocycles. The molecule has 0 radical (unpaired) electrons. The van der Waals surface area contributed by atoms with Crippen LogP contribution in [0.25, 0.3) is 0 Å². The average Bonchev–Trinajstić information content (AvgIpc) is 2.35. The highest BCUT2D eigenvalue weighted by Gasteiger charge is 2.27. The fourth-order valence-corrected chi connectivity index (χ4v) is 3.70. The van der Waals surface area contributed by atoms with Crippen molar-refractivity contribution < 1.29 is 18.3 Å². The highest BCUT2D eigenvalue weighted by molar-refractivity contribution is 7.89. The monoisotopic (exact) mass is 299 g/mol. The molecule has 2 N–H and O–H groups in total. The summed E-state index contributed by atoms with van der Waals surface area (Å²) in [5.41, 5.74) is -0.0630. The number of sulfonamides is 1. The Bertz CT molecular complexity index is 579. The first-order chi connectivity index (χ1) is 9.18. The number of aliphatic carboxylic acids is 1. The van der Waals surface area contributed by atoms with Crippen molar-refractivity contribution in [1.29, 1.82) is 0 Å². The van der Waals surface area contributed by atoms with E-state index in [2.05, 4.69) is 4.72 Å². The summed E-state index contributed by atoms with van der Waals surface area (Å²) in [6.45, 7) is 5.26. The van der Waals surface area contributed by atoms with Gasteiger partial charge in [0.2, 0.25) is 10.0 Å². The molecular weight excluding hydrogens is 278 g/mol. The second-order valence-electron chi connectivity index (χ2n) is 5.34. The second kappa shape index (κ2) is 6.37. The first-order valence-corrected chi connectivity index (χ1v) is 8.00. The van der Waals surface area contributed by atoms with Gasteiger partial charge in [-0.1, -0.05) is 25.1 Å². The lowest BCUT2D eigenvalue weighted by atomic mass is 10.0. The molecule has 0 aromatic heterocycles. The molecule has 0 spiro atoms. The third kappa shape index (κ3) is 4.61. The Morgan fingerprint density at radius 1 is 1.30 bits per heavy atom. The predicted octanol–water partition coefficient (Wildman–Crippen LogP) is 2.17. The van der Waals surface area contributed by atoms with E-state index < -0.39 is 21.5 Å². The minimum atomic E-state index is -3.65. The normalized spacial score (nSPS) is 12.3. The highest BCUT2D eigenvalue weighted by atomic mass is 32.2. The Labute approximate surface area is 120 Å². The van der Waals surface area contributed by atoms with Gasteiger partial charge in [0.05, 0.1) is 4.90 Å². The third-order valence-electron chi connectivity index (χ3n) is 3.02. The van der Waals surface area contributed by atoms with Gasteiger partial charge in [0.15, 0.2) is 0 Å². The molecule has 0 aliphatic rings. The molecular formula is C14H21NO4S. The van der Waals surface area contributed by atoms with Crippen LogP contribution in [0.3, 0.4) is 0 Å². The quantitative estimate of drug-likeness (QED) is 0.808. The number of carboxylic acids is 1. The van der Waals surface area contributed by atoms with Crippen molar-refractivity contribution >= 4 is 16.0 Å². The topological polar surface area (TPSA) is 83.5 Å². The number of benzene rings is 1. The van der Waals surface area contributed by atoms with Crippen LogP contribution in [0.2, 0.25) is 0 Å². The zero-order chi connectivity index (χ0) is 15.4. The zero-order valence-electron chi connectivity index (χ0n) is 12.0. The van der Waals surface area contributed by atoms with E-state index in [0.717, 1.165) is 5.56 Å². The van der Waals surface area contributed by atoms with Crippen molar-refractivity contribution in [3.8, 4) is 0 Å². The SMILES string of the molecule is CCc1ccccc1S(=O)(=O)NC(C)(C)CCC(=O)O. The van der Waals surface area contributed by atoms with E-state index >= 15 is 0 Å². The van der Waals surface area contributed by atoms with Gasteiger partial charge in [0.1, 0.15) is 0 Å². The molecule has 0 saturated heterocycles. The van der Waals surface area contributed by atoms with E-state index in [4.69, 9.17) is 5.11 Å². The molecule has 1 rings (SSSR count). The van der Waals surface area contributed by atoms with Crippen molar-refractivity contribution in [1.82, 2.24) is 4.72 Å². The van der Waals surface area contributed by atoms with Crippen LogP contribution in [0, 0.1) is 0 Å². The van der Waals surface area contributed by atoms with Gasteiger partial charge < -0.3 is 5.11 Å². The predicted molar refractivity (Wildman–Crippen MR) is 77.1 cm³/mol. The second-order valence-corrected chi connectivity index (χ2v) is 7.00. The summed E-state index contributed by atoms with van der Waals surface area (Å²) in [5.74, 6) is -0.939. The minimum absolute atomic E-state index is 0.0784. The molecule has 5 nitrogen and oxygen atoms in total. The molecule has 112 valence electrons. The van der Waals surface area contributed by atoms with Gasteiger partial charge in [-0.25, -0.2) is 13.1 Å². The number of hydrogen-bond donors (Lipinski definition) is 2. The summed E-state index contributed by atoms with van der Waals surface area (Å²) in [6.07, 6.45) is 0.771. The maximum Gasteiger partial charge on any atom is 0.303 e. The number of hydrogen-bond acceptors (Lipinski definition) is 3. The molecule has 6 heteroatoms. The largest absolute Gasteiger partial charge is 0.481 e. The Hall–Kier alpha value is -1.40. The summed E-state index contributed by atoms with van der Waals surface area (Å²) in [4.78, 5) is 10.9. The van der Waals surface area contributed by atoms with Crippen LogP contribution in [0.15, 0.2) is 29.2 Å². The maximum absolute atomic E-state index is 12.4. The van der Waals surface area contributed by atoms with Crippen molar-refractivity contribution in [2.45, 2.75) is 50.5 Å². The fourth-order valence-electron chi connectivity index (χ4n) is 1.95. The average molecular weight is 299 g/mol. The summed E-state index contributed by atoms with van der Waals surface area (Å²) >= 11 is 0. The molecule has 0 heterocycles. The van der Waals surface area contributed by atoms with Crippen LogP contribution in [0.4, 0.5) is 0 Å². The smallest absolute Gasteiger partial charge is 0.303 e. The molecule has 0 aliphatic carbocycles. The molecule has 20 heavy (non-hydrogen) atoms. The number of carboxylic acid groups (broad SMARTS) is 1. The van der Waals surface area contributed by atoms with Gasteiger partial charge in [-0.3, -0.25) is 4.79 Å². The van der Waals surface area contributed by atoms with Crippen LogP contribution >= 0.6 is 0 Å². The number of rotatable bonds is 7. The first kappa shape index (κ1) is 16.7. The Morgan fingerprint density at radius 3 is 2.45 bits per heavy atom. The van der Waals surface area contributed by atoms with Crippen LogP contribution in [-0.4, -0.2) is 25.0 Å². The molecule has 0 unspecified atom stereocenters. The maximum atomic E-state index is 12.4. The van der Waals surface area contributed by atoms with Crippen molar-refractivity contribution in [2.75, 3.05) is 0 Å². The minimum Gasteiger partial charge on any atom is -0.481 e. The number of carbonyl (C=O) groups is 1. The number of nitrogens with one attached hydrogen (secondary N) is 1. The van der Waals surface area contributed by atoms with Crippen LogP contribution in [0.1, 0.15) is 39.2 Å². The van der Waals surface area contributed by atoms with E-state index in [0.29, 0.717) is 6.42 Å². The van der Waals surface area contributed by atoms with Gasteiger partial charge in [-0.15, -0.1) is 0 Å². The fraction of sp³-hybridized carbons (Fsp3) is 0.500. The Balaban J connectivity index is 2.97. The molecule has 1 aromatic carbocycles. The molecule has 0 fully saturated rings. The van der Waals surface area contributed by atoms with Crippen LogP contribution in [-0.2, 0) is 21.2 Å². The summed E-state index contributed by atoms with van der Waals surface area (Å²) in [7, 11) is -3.65. The Morgan fingerprint density at radius 2 is 1.90 bits per heavy atom. The van der Waals surface area contributed by atoms with Gasteiger partial charge in [0, 0.05) is 12.0 Å². The van der Waals surface area contributed by atoms with Crippen LogP contribution in [0.5, 0.6) is 0 Å². The van der Waals surface area contributed by atoms with Crippen molar-refractivity contribution in [3.63, 3.8) is 0 Å². The van der Waals surface area contributed by atoms with E-state index in [-0.39, 0.29) is 17.7 Å². The molecule has 0 atom stereocenters. The van der Waals surface area contributed by atoms with Gasteiger partial charge in [0.25, 0.3) is 0 Å². The third-order valence-corrected chi connectivity index (χ3v) is 4.82.